The molecule has 0 aromatic heterocycles. The zero-order valence-corrected chi connectivity index (χ0v) is 10.6. The molecule has 1 unspecified atom stereocenters. The molecule has 0 amide bonds. The van der Waals surface area contributed by atoms with E-state index >= 15 is 0 Å². The van der Waals surface area contributed by atoms with Crippen LogP contribution in [0.3, 0.4) is 0 Å². The van der Waals surface area contributed by atoms with Crippen LogP contribution in [0.2, 0.25) is 0 Å². The van der Waals surface area contributed by atoms with Gasteiger partial charge < -0.3 is 19.9 Å². The third kappa shape index (κ3) is 13.7. The Balaban J connectivity index is 3.24. The molecule has 0 aromatic rings. The lowest BCUT2D eigenvalue weighted by Gasteiger charge is -2.13. The quantitative estimate of drug-likeness (QED) is 0.558. The molecular formula is C11H22F3NO3. The fraction of sp³-hybridized carbons (Fsp3) is 1.00. The summed E-state index contributed by atoms with van der Waals surface area (Å²) in [6.45, 7) is 2.25. The Morgan fingerprint density at radius 1 is 1.17 bits per heavy atom. The van der Waals surface area contributed by atoms with Gasteiger partial charge in [0.2, 0.25) is 0 Å². The summed E-state index contributed by atoms with van der Waals surface area (Å²) in [5.74, 6) is 0. The molecule has 4 nitrogen and oxygen atoms in total. The highest BCUT2D eigenvalue weighted by atomic mass is 19.4. The molecule has 0 fully saturated rings. The van der Waals surface area contributed by atoms with Crippen LogP contribution in [0.1, 0.15) is 19.8 Å². The predicted molar refractivity (Wildman–Crippen MR) is 61.5 cm³/mol. The highest BCUT2D eigenvalue weighted by Gasteiger charge is 2.26. The first-order valence-corrected chi connectivity index (χ1v) is 6.06. The molecule has 7 heteroatoms. The van der Waals surface area contributed by atoms with Crippen LogP contribution in [-0.4, -0.2) is 56.9 Å². The fourth-order valence-corrected chi connectivity index (χ4v) is 1.13. The summed E-state index contributed by atoms with van der Waals surface area (Å²) < 4.78 is 45.6. The van der Waals surface area contributed by atoms with Gasteiger partial charge in [-0.05, 0) is 6.42 Å². The average Bonchev–Trinajstić information content (AvgIpc) is 2.26. The Bertz CT molecular complexity index is 191. The number of alkyl halides is 3. The number of hydrogen-bond donors (Lipinski definition) is 2. The number of ether oxygens (including phenoxy) is 2. The molecule has 0 saturated heterocycles. The van der Waals surface area contributed by atoms with E-state index in [4.69, 9.17) is 9.47 Å². The van der Waals surface area contributed by atoms with Crippen LogP contribution in [0.25, 0.3) is 0 Å². The fourth-order valence-electron chi connectivity index (χ4n) is 1.13. The van der Waals surface area contributed by atoms with Gasteiger partial charge in [0.15, 0.2) is 0 Å². The minimum atomic E-state index is -4.26. The first-order valence-electron chi connectivity index (χ1n) is 6.06. The SMILES string of the molecule is CCCCOCCOCC(O)CNCC(F)(F)F. The molecular weight excluding hydrogens is 251 g/mol. The van der Waals surface area contributed by atoms with Crippen molar-refractivity contribution in [2.75, 3.05) is 39.5 Å². The Morgan fingerprint density at radius 3 is 2.44 bits per heavy atom. The molecule has 1 atom stereocenters. The normalized spacial score (nSPS) is 13.8. The lowest BCUT2D eigenvalue weighted by atomic mass is 10.3. The number of aliphatic hydroxyl groups excluding tert-OH is 1. The molecule has 0 heterocycles. The number of aliphatic hydroxyl groups is 1. The third-order valence-electron chi connectivity index (χ3n) is 2.03. The number of hydrogen-bond acceptors (Lipinski definition) is 4. The summed E-state index contributed by atoms with van der Waals surface area (Å²) >= 11 is 0. The van der Waals surface area contributed by atoms with E-state index in [0.717, 1.165) is 12.8 Å². The number of unbranched alkanes of at least 4 members (excludes halogenated alkanes) is 1. The molecule has 2 N–H and O–H groups in total. The van der Waals surface area contributed by atoms with E-state index in [1.807, 2.05) is 0 Å². The molecule has 0 aliphatic heterocycles. The van der Waals surface area contributed by atoms with Crippen molar-refractivity contribution < 1.29 is 27.8 Å². The van der Waals surface area contributed by atoms with Crippen molar-refractivity contribution in [2.24, 2.45) is 0 Å². The van der Waals surface area contributed by atoms with Crippen molar-refractivity contribution in [3.8, 4) is 0 Å². The summed E-state index contributed by atoms with van der Waals surface area (Å²) in [7, 11) is 0. The van der Waals surface area contributed by atoms with Crippen LogP contribution < -0.4 is 5.32 Å². The minimum absolute atomic E-state index is 0.00198. The highest BCUT2D eigenvalue weighted by Crippen LogP contribution is 2.11. The maximum Gasteiger partial charge on any atom is 0.401 e. The Labute approximate surface area is 105 Å². The van der Waals surface area contributed by atoms with Gasteiger partial charge in [-0.25, -0.2) is 0 Å². The molecule has 0 radical (unpaired) electrons. The second-order valence-electron chi connectivity index (χ2n) is 3.94. The van der Waals surface area contributed by atoms with Crippen molar-refractivity contribution in [3.63, 3.8) is 0 Å². The van der Waals surface area contributed by atoms with E-state index in [1.165, 1.54) is 0 Å². The van der Waals surface area contributed by atoms with Crippen molar-refractivity contribution in [3.05, 3.63) is 0 Å². The Hall–Kier alpha value is -0.370. The number of nitrogens with one attached hydrogen (secondary N) is 1. The Morgan fingerprint density at radius 2 is 1.83 bits per heavy atom. The second-order valence-corrected chi connectivity index (χ2v) is 3.94. The largest absolute Gasteiger partial charge is 0.401 e. The van der Waals surface area contributed by atoms with Gasteiger partial charge in [0.1, 0.15) is 0 Å². The first kappa shape index (κ1) is 17.6. The smallest absolute Gasteiger partial charge is 0.389 e. The highest BCUT2D eigenvalue weighted by molar-refractivity contribution is 4.61. The topological polar surface area (TPSA) is 50.7 Å². The van der Waals surface area contributed by atoms with Crippen molar-refractivity contribution >= 4 is 0 Å². The van der Waals surface area contributed by atoms with E-state index < -0.39 is 18.8 Å². The van der Waals surface area contributed by atoms with Crippen LogP contribution in [0, 0.1) is 0 Å². The van der Waals surface area contributed by atoms with Gasteiger partial charge in [0, 0.05) is 13.2 Å². The molecule has 110 valence electrons. The zero-order chi connectivity index (χ0) is 13.9. The summed E-state index contributed by atoms with van der Waals surface area (Å²) in [5.41, 5.74) is 0. The summed E-state index contributed by atoms with van der Waals surface area (Å²) in [6.07, 6.45) is -3.15. The second kappa shape index (κ2) is 10.5. The predicted octanol–water partition coefficient (Wildman–Crippen LogP) is 1.33. The molecule has 0 aliphatic carbocycles. The number of halogens is 3. The van der Waals surface area contributed by atoms with Crippen LogP contribution in [0.5, 0.6) is 0 Å². The molecule has 0 saturated carbocycles. The molecule has 0 spiro atoms. The van der Waals surface area contributed by atoms with Gasteiger partial charge in [0.25, 0.3) is 0 Å². The molecule has 0 aromatic carbocycles. The van der Waals surface area contributed by atoms with Gasteiger partial charge in [-0.3, -0.25) is 0 Å². The summed E-state index contributed by atoms with van der Waals surface area (Å²) in [4.78, 5) is 0. The van der Waals surface area contributed by atoms with Crippen molar-refractivity contribution in [1.29, 1.82) is 0 Å². The van der Waals surface area contributed by atoms with Crippen LogP contribution in [-0.2, 0) is 9.47 Å². The maximum absolute atomic E-state index is 11.8. The molecule has 0 aliphatic rings. The van der Waals surface area contributed by atoms with Gasteiger partial charge in [0.05, 0.1) is 32.5 Å². The van der Waals surface area contributed by atoms with Gasteiger partial charge >= 0.3 is 6.18 Å². The zero-order valence-electron chi connectivity index (χ0n) is 10.6. The summed E-state index contributed by atoms with van der Waals surface area (Å²) in [5, 5.41) is 11.4. The average molecular weight is 273 g/mol. The third-order valence-corrected chi connectivity index (χ3v) is 2.03. The number of rotatable bonds is 11. The van der Waals surface area contributed by atoms with Gasteiger partial charge in [-0.1, -0.05) is 13.3 Å². The van der Waals surface area contributed by atoms with Crippen molar-refractivity contribution in [1.82, 2.24) is 5.32 Å². The van der Waals surface area contributed by atoms with Crippen LogP contribution in [0.15, 0.2) is 0 Å². The first-order chi connectivity index (χ1) is 8.45. The molecule has 18 heavy (non-hydrogen) atoms. The van der Waals surface area contributed by atoms with Gasteiger partial charge in [-0.2, -0.15) is 13.2 Å². The minimum Gasteiger partial charge on any atom is -0.389 e. The standard InChI is InChI=1S/C11H22F3NO3/c1-2-3-4-17-5-6-18-8-10(16)7-15-9-11(12,13)14/h10,15-16H,2-9H2,1H3. The Kier molecular flexibility index (Phi) is 10.3. The van der Waals surface area contributed by atoms with Crippen molar-refractivity contribution in [2.45, 2.75) is 32.0 Å². The van der Waals surface area contributed by atoms with E-state index in [1.54, 1.807) is 0 Å². The van der Waals surface area contributed by atoms with Gasteiger partial charge in [-0.15, -0.1) is 0 Å². The van der Waals surface area contributed by atoms with Crippen LogP contribution in [0.4, 0.5) is 13.2 Å². The monoisotopic (exact) mass is 273 g/mol. The lowest BCUT2D eigenvalue weighted by molar-refractivity contribution is -0.125. The molecule has 0 rings (SSSR count). The van der Waals surface area contributed by atoms with E-state index in [9.17, 15) is 18.3 Å². The van der Waals surface area contributed by atoms with E-state index in [0.29, 0.717) is 19.8 Å². The summed E-state index contributed by atoms with van der Waals surface area (Å²) in [6, 6.07) is 0. The molecule has 0 bridgehead atoms. The lowest BCUT2D eigenvalue weighted by Crippen LogP contribution is -2.36. The van der Waals surface area contributed by atoms with Crippen LogP contribution >= 0.6 is 0 Å². The van der Waals surface area contributed by atoms with E-state index in [2.05, 4.69) is 12.2 Å². The maximum atomic E-state index is 11.8. The van der Waals surface area contributed by atoms with E-state index in [-0.39, 0.29) is 13.2 Å².